The molecular formula is C10H11F5N4. The third kappa shape index (κ3) is 3.28. The van der Waals surface area contributed by atoms with Crippen molar-refractivity contribution in [1.82, 2.24) is 15.3 Å². The van der Waals surface area contributed by atoms with E-state index >= 15 is 0 Å². The molecule has 4 nitrogen and oxygen atoms in total. The van der Waals surface area contributed by atoms with Crippen LogP contribution >= 0.6 is 0 Å². The summed E-state index contributed by atoms with van der Waals surface area (Å²) in [5.74, 6) is -2.95. The van der Waals surface area contributed by atoms with Crippen molar-refractivity contribution in [3.05, 3.63) is 18.0 Å². The van der Waals surface area contributed by atoms with Gasteiger partial charge in [-0.3, -0.25) is 0 Å². The van der Waals surface area contributed by atoms with Gasteiger partial charge in [0.1, 0.15) is 0 Å². The summed E-state index contributed by atoms with van der Waals surface area (Å²) >= 11 is 0. The first-order valence-corrected chi connectivity index (χ1v) is 5.53. The molecule has 0 unspecified atom stereocenters. The Morgan fingerprint density at radius 1 is 1.32 bits per heavy atom. The Labute approximate surface area is 105 Å². The summed E-state index contributed by atoms with van der Waals surface area (Å²) in [4.78, 5) is 6.88. The molecular weight excluding hydrogens is 271 g/mol. The van der Waals surface area contributed by atoms with Crippen molar-refractivity contribution in [1.29, 1.82) is 0 Å². The smallest absolute Gasteiger partial charge is 0.352 e. The van der Waals surface area contributed by atoms with Crippen LogP contribution < -0.4 is 10.6 Å². The van der Waals surface area contributed by atoms with E-state index in [4.69, 9.17) is 0 Å². The van der Waals surface area contributed by atoms with E-state index in [1.165, 1.54) is 0 Å². The van der Waals surface area contributed by atoms with Crippen molar-refractivity contribution < 1.29 is 22.0 Å². The highest BCUT2D eigenvalue weighted by atomic mass is 19.4. The molecule has 0 aromatic carbocycles. The standard InChI is InChI=1S/C10H11F5N4/c11-9(12)1-2-16-7(9)5-19-8-17-3-6(4-18-8)10(13,14)15/h3-4,7,16H,1-2,5H2,(H,17,18,19)/t7-/m1/s1. The maximum atomic E-state index is 13.2. The predicted octanol–water partition coefficient (Wildman–Crippen LogP) is 1.90. The Hall–Kier alpha value is -1.51. The number of nitrogens with one attached hydrogen (secondary N) is 2. The van der Waals surface area contributed by atoms with Crippen LogP contribution in [0.25, 0.3) is 0 Å². The van der Waals surface area contributed by atoms with Gasteiger partial charge in [0.15, 0.2) is 0 Å². The average Bonchev–Trinajstić information content (AvgIpc) is 2.65. The Kier molecular flexibility index (Phi) is 3.57. The van der Waals surface area contributed by atoms with Gasteiger partial charge in [0.25, 0.3) is 5.92 Å². The molecule has 2 N–H and O–H groups in total. The van der Waals surface area contributed by atoms with Gasteiger partial charge in [-0.25, -0.2) is 18.7 Å². The highest BCUT2D eigenvalue weighted by Gasteiger charge is 2.43. The van der Waals surface area contributed by atoms with Crippen LogP contribution in [-0.4, -0.2) is 35.0 Å². The Morgan fingerprint density at radius 2 is 1.95 bits per heavy atom. The van der Waals surface area contributed by atoms with E-state index in [-0.39, 0.29) is 25.5 Å². The monoisotopic (exact) mass is 282 g/mol. The lowest BCUT2D eigenvalue weighted by Crippen LogP contribution is -2.41. The fraction of sp³-hybridized carbons (Fsp3) is 0.600. The number of halogens is 5. The third-order valence-electron chi connectivity index (χ3n) is 2.80. The van der Waals surface area contributed by atoms with Crippen LogP contribution in [0.5, 0.6) is 0 Å². The molecule has 0 radical (unpaired) electrons. The first-order valence-electron chi connectivity index (χ1n) is 5.53. The van der Waals surface area contributed by atoms with E-state index in [2.05, 4.69) is 20.6 Å². The molecule has 2 heterocycles. The fourth-order valence-corrected chi connectivity index (χ4v) is 1.72. The molecule has 9 heteroatoms. The molecule has 2 rings (SSSR count). The second-order valence-electron chi connectivity index (χ2n) is 4.19. The second-order valence-corrected chi connectivity index (χ2v) is 4.19. The molecule has 0 saturated carbocycles. The van der Waals surface area contributed by atoms with Gasteiger partial charge < -0.3 is 10.6 Å². The van der Waals surface area contributed by atoms with Crippen molar-refractivity contribution in [3.63, 3.8) is 0 Å². The highest BCUT2D eigenvalue weighted by Crippen LogP contribution is 2.29. The minimum atomic E-state index is -4.52. The largest absolute Gasteiger partial charge is 0.419 e. The molecule has 19 heavy (non-hydrogen) atoms. The Bertz CT molecular complexity index is 431. The fourth-order valence-electron chi connectivity index (χ4n) is 1.72. The number of anilines is 1. The minimum Gasteiger partial charge on any atom is -0.352 e. The first kappa shape index (κ1) is 13.9. The molecule has 0 spiro atoms. The number of alkyl halides is 5. The van der Waals surface area contributed by atoms with Gasteiger partial charge in [0.2, 0.25) is 5.95 Å². The number of hydrogen-bond donors (Lipinski definition) is 2. The van der Waals surface area contributed by atoms with E-state index in [1.54, 1.807) is 0 Å². The van der Waals surface area contributed by atoms with Gasteiger partial charge in [-0.05, 0) is 0 Å². The zero-order chi connectivity index (χ0) is 14.1. The van der Waals surface area contributed by atoms with E-state index in [0.29, 0.717) is 12.4 Å². The lowest BCUT2D eigenvalue weighted by atomic mass is 10.1. The molecule has 1 aliphatic rings. The van der Waals surface area contributed by atoms with Gasteiger partial charge in [0, 0.05) is 31.9 Å². The zero-order valence-electron chi connectivity index (χ0n) is 9.64. The molecule has 1 aliphatic heterocycles. The summed E-state index contributed by atoms with van der Waals surface area (Å²) in [6, 6.07) is -1.07. The van der Waals surface area contributed by atoms with Crippen molar-refractivity contribution in [3.8, 4) is 0 Å². The summed E-state index contributed by atoms with van der Waals surface area (Å²) in [6.07, 6.45) is -3.56. The number of hydrogen-bond acceptors (Lipinski definition) is 4. The molecule has 1 saturated heterocycles. The van der Waals surface area contributed by atoms with Gasteiger partial charge in [0.05, 0.1) is 11.6 Å². The predicted molar refractivity (Wildman–Crippen MR) is 56.9 cm³/mol. The van der Waals surface area contributed by atoms with Crippen molar-refractivity contribution >= 4 is 5.95 Å². The summed E-state index contributed by atoms with van der Waals surface area (Å²) < 4.78 is 63.2. The molecule has 0 aliphatic carbocycles. The zero-order valence-corrected chi connectivity index (χ0v) is 9.64. The normalized spacial score (nSPS) is 22.5. The van der Waals surface area contributed by atoms with Crippen LogP contribution in [0.15, 0.2) is 12.4 Å². The molecule has 1 atom stereocenters. The highest BCUT2D eigenvalue weighted by molar-refractivity contribution is 5.26. The van der Waals surface area contributed by atoms with E-state index in [0.717, 1.165) is 0 Å². The maximum absolute atomic E-state index is 13.2. The molecule has 1 aromatic heterocycles. The van der Waals surface area contributed by atoms with Crippen LogP contribution in [-0.2, 0) is 6.18 Å². The lowest BCUT2D eigenvalue weighted by Gasteiger charge is -2.19. The number of nitrogens with zero attached hydrogens (tertiary/aromatic N) is 2. The molecule has 0 bridgehead atoms. The number of aromatic nitrogens is 2. The minimum absolute atomic E-state index is 0.113. The topological polar surface area (TPSA) is 49.8 Å². The van der Waals surface area contributed by atoms with Gasteiger partial charge >= 0.3 is 6.18 Å². The van der Waals surface area contributed by atoms with Crippen LogP contribution in [0.4, 0.5) is 27.9 Å². The van der Waals surface area contributed by atoms with E-state index in [1.807, 2.05) is 0 Å². The molecule has 1 fully saturated rings. The maximum Gasteiger partial charge on any atom is 0.419 e. The average molecular weight is 282 g/mol. The summed E-state index contributed by atoms with van der Waals surface area (Å²) in [5, 5.41) is 5.09. The number of rotatable bonds is 3. The third-order valence-corrected chi connectivity index (χ3v) is 2.80. The summed E-state index contributed by atoms with van der Waals surface area (Å²) in [7, 11) is 0. The van der Waals surface area contributed by atoms with E-state index < -0.39 is 23.7 Å². The lowest BCUT2D eigenvalue weighted by molar-refractivity contribution is -0.138. The Balaban J connectivity index is 1.94. The van der Waals surface area contributed by atoms with Crippen molar-refractivity contribution in [2.75, 3.05) is 18.4 Å². The van der Waals surface area contributed by atoms with E-state index in [9.17, 15) is 22.0 Å². The molecule has 1 aromatic rings. The van der Waals surface area contributed by atoms with Crippen molar-refractivity contribution in [2.45, 2.75) is 24.6 Å². The SMILES string of the molecule is FC(F)(F)c1cnc(NC[C@H]2NCCC2(F)F)nc1. The second kappa shape index (κ2) is 4.87. The quantitative estimate of drug-likeness (QED) is 0.831. The van der Waals surface area contributed by atoms with Gasteiger partial charge in [-0.2, -0.15) is 13.2 Å². The summed E-state index contributed by atoms with van der Waals surface area (Å²) in [6.45, 7) is 0.0472. The van der Waals surface area contributed by atoms with Crippen LogP contribution in [0.2, 0.25) is 0 Å². The van der Waals surface area contributed by atoms with Crippen LogP contribution in [0.1, 0.15) is 12.0 Å². The van der Waals surface area contributed by atoms with Crippen molar-refractivity contribution in [2.24, 2.45) is 0 Å². The molecule has 0 amide bonds. The van der Waals surface area contributed by atoms with Gasteiger partial charge in [-0.1, -0.05) is 0 Å². The van der Waals surface area contributed by atoms with Crippen LogP contribution in [0.3, 0.4) is 0 Å². The van der Waals surface area contributed by atoms with Crippen LogP contribution in [0, 0.1) is 0 Å². The summed E-state index contributed by atoms with van der Waals surface area (Å²) in [5.41, 5.74) is -0.984. The Morgan fingerprint density at radius 3 is 2.42 bits per heavy atom. The van der Waals surface area contributed by atoms with Gasteiger partial charge in [-0.15, -0.1) is 0 Å². The first-order chi connectivity index (χ1) is 8.79. The molecule has 106 valence electrons.